The highest BCUT2D eigenvalue weighted by atomic mass is 32.2. The molecule has 1 saturated heterocycles. The number of benzene rings is 1. The smallest absolute Gasteiger partial charge is 0.262 e. The largest absolute Gasteiger partial charge is 0.493 e. The third-order valence-electron chi connectivity index (χ3n) is 4.69. The van der Waals surface area contributed by atoms with E-state index in [0.717, 1.165) is 0 Å². The summed E-state index contributed by atoms with van der Waals surface area (Å²) in [4.78, 5) is 16.7. The van der Waals surface area contributed by atoms with E-state index in [2.05, 4.69) is 10.3 Å². The first-order chi connectivity index (χ1) is 13.3. The van der Waals surface area contributed by atoms with Crippen LogP contribution in [-0.2, 0) is 21.9 Å². The molecule has 1 aromatic carbocycles. The minimum absolute atomic E-state index is 0.00375. The van der Waals surface area contributed by atoms with Gasteiger partial charge in [0.15, 0.2) is 16.5 Å². The van der Waals surface area contributed by atoms with Crippen LogP contribution in [-0.4, -0.2) is 55.5 Å². The molecule has 3 rings (SSSR count). The lowest BCUT2D eigenvalue weighted by Gasteiger charge is -2.30. The normalized spacial score (nSPS) is 17.9. The second kappa shape index (κ2) is 8.19. The summed E-state index contributed by atoms with van der Waals surface area (Å²) in [7, 11) is 1.05. The molecule has 1 aliphatic rings. The van der Waals surface area contributed by atoms with Crippen LogP contribution in [0.5, 0.6) is 11.5 Å². The van der Waals surface area contributed by atoms with Gasteiger partial charge in [-0.05, 0) is 25.0 Å². The van der Waals surface area contributed by atoms with Crippen molar-refractivity contribution in [1.29, 1.82) is 0 Å². The highest BCUT2D eigenvalue weighted by Crippen LogP contribution is 2.30. The molecule has 28 heavy (non-hydrogen) atoms. The Balaban J connectivity index is 1.71. The summed E-state index contributed by atoms with van der Waals surface area (Å²) >= 11 is 0. The number of aromatic nitrogens is 2. The molecule has 1 unspecified atom stereocenters. The molecule has 0 saturated carbocycles. The van der Waals surface area contributed by atoms with Gasteiger partial charge in [-0.2, -0.15) is 4.31 Å². The molecular formula is C18H24N4O5S. The van der Waals surface area contributed by atoms with Crippen LogP contribution in [0.2, 0.25) is 0 Å². The average Bonchev–Trinajstić information content (AvgIpc) is 3.15. The quantitative estimate of drug-likeness (QED) is 0.777. The molecule has 1 N–H and O–H groups in total. The number of carbonyl (C=O) groups is 1. The molecule has 0 aliphatic carbocycles. The van der Waals surface area contributed by atoms with Crippen molar-refractivity contribution in [2.24, 2.45) is 13.0 Å². The Labute approximate surface area is 164 Å². The highest BCUT2D eigenvalue weighted by molar-refractivity contribution is 7.89. The number of sulfonamides is 1. The van der Waals surface area contributed by atoms with Crippen LogP contribution in [0.4, 0.5) is 5.69 Å². The van der Waals surface area contributed by atoms with Crippen LogP contribution in [0.25, 0.3) is 0 Å². The molecule has 0 bridgehead atoms. The maximum Gasteiger partial charge on any atom is 0.262 e. The van der Waals surface area contributed by atoms with Crippen molar-refractivity contribution >= 4 is 21.6 Å². The molecule has 2 heterocycles. The predicted octanol–water partition coefficient (Wildman–Crippen LogP) is 1.48. The summed E-state index contributed by atoms with van der Waals surface area (Å²) in [6.45, 7) is 0.497. The Morgan fingerprint density at radius 1 is 1.25 bits per heavy atom. The van der Waals surface area contributed by atoms with E-state index in [1.807, 2.05) is 0 Å². The van der Waals surface area contributed by atoms with Gasteiger partial charge in [-0.1, -0.05) is 0 Å². The van der Waals surface area contributed by atoms with Gasteiger partial charge in [-0.3, -0.25) is 4.79 Å². The van der Waals surface area contributed by atoms with E-state index in [0.29, 0.717) is 36.6 Å². The van der Waals surface area contributed by atoms with E-state index in [9.17, 15) is 13.2 Å². The molecule has 152 valence electrons. The van der Waals surface area contributed by atoms with E-state index in [1.54, 1.807) is 29.8 Å². The Kier molecular flexibility index (Phi) is 5.90. The summed E-state index contributed by atoms with van der Waals surface area (Å²) in [5, 5.41) is 2.83. The lowest BCUT2D eigenvalue weighted by molar-refractivity contribution is -0.120. The summed E-state index contributed by atoms with van der Waals surface area (Å²) in [6, 6.07) is 5.08. The number of hydrogen-bond donors (Lipinski definition) is 1. The fraction of sp³-hybridized carbons (Fsp3) is 0.444. The maximum absolute atomic E-state index is 12.8. The Hall–Kier alpha value is -2.59. The van der Waals surface area contributed by atoms with Gasteiger partial charge in [0.2, 0.25) is 5.91 Å². The van der Waals surface area contributed by atoms with Gasteiger partial charge >= 0.3 is 0 Å². The first-order valence-electron chi connectivity index (χ1n) is 8.86. The average molecular weight is 408 g/mol. The second-order valence-electron chi connectivity index (χ2n) is 6.64. The third kappa shape index (κ3) is 4.12. The maximum atomic E-state index is 12.8. The van der Waals surface area contributed by atoms with E-state index in [4.69, 9.17) is 9.47 Å². The number of ether oxygens (including phenoxy) is 2. The van der Waals surface area contributed by atoms with Crippen molar-refractivity contribution in [3.05, 3.63) is 30.7 Å². The molecule has 1 atom stereocenters. The molecule has 1 aliphatic heterocycles. The van der Waals surface area contributed by atoms with Crippen LogP contribution in [0.3, 0.4) is 0 Å². The number of aryl methyl sites for hydroxylation is 1. The Morgan fingerprint density at radius 3 is 2.64 bits per heavy atom. The number of nitrogens with one attached hydrogen (secondary N) is 1. The number of rotatable bonds is 6. The zero-order chi connectivity index (χ0) is 20.3. The number of carbonyl (C=O) groups excluding carboxylic acids is 1. The van der Waals surface area contributed by atoms with Gasteiger partial charge in [0.05, 0.1) is 26.5 Å². The summed E-state index contributed by atoms with van der Waals surface area (Å²) < 4.78 is 38.9. The molecule has 9 nitrogen and oxygen atoms in total. The molecule has 1 fully saturated rings. The predicted molar refractivity (Wildman–Crippen MR) is 103 cm³/mol. The first-order valence-corrected chi connectivity index (χ1v) is 10.3. The first kappa shape index (κ1) is 20.2. The van der Waals surface area contributed by atoms with Gasteiger partial charge in [0.25, 0.3) is 10.0 Å². The van der Waals surface area contributed by atoms with Crippen LogP contribution >= 0.6 is 0 Å². The van der Waals surface area contributed by atoms with Crippen LogP contribution in [0, 0.1) is 5.92 Å². The Bertz CT molecular complexity index is 957. The molecular weight excluding hydrogens is 384 g/mol. The fourth-order valence-corrected chi connectivity index (χ4v) is 4.68. The van der Waals surface area contributed by atoms with Gasteiger partial charge < -0.3 is 19.4 Å². The van der Waals surface area contributed by atoms with Gasteiger partial charge in [-0.15, -0.1) is 0 Å². The number of piperidine rings is 1. The van der Waals surface area contributed by atoms with Crippen molar-refractivity contribution in [3.63, 3.8) is 0 Å². The zero-order valence-electron chi connectivity index (χ0n) is 16.1. The molecule has 0 radical (unpaired) electrons. The van der Waals surface area contributed by atoms with Crippen LogP contribution < -0.4 is 14.8 Å². The van der Waals surface area contributed by atoms with Gasteiger partial charge in [0.1, 0.15) is 0 Å². The van der Waals surface area contributed by atoms with Crippen molar-refractivity contribution in [2.75, 3.05) is 32.6 Å². The number of hydrogen-bond acceptors (Lipinski definition) is 6. The third-order valence-corrected chi connectivity index (χ3v) is 6.44. The van der Waals surface area contributed by atoms with Gasteiger partial charge in [-0.25, -0.2) is 13.4 Å². The number of nitrogens with zero attached hydrogens (tertiary/aromatic N) is 3. The molecule has 10 heteroatoms. The van der Waals surface area contributed by atoms with E-state index in [-0.39, 0.29) is 17.5 Å². The number of imidazole rings is 1. The minimum atomic E-state index is -3.72. The van der Waals surface area contributed by atoms with E-state index in [1.165, 1.54) is 31.0 Å². The lowest BCUT2D eigenvalue weighted by Crippen LogP contribution is -2.43. The minimum Gasteiger partial charge on any atom is -0.493 e. The molecule has 0 spiro atoms. The van der Waals surface area contributed by atoms with Gasteiger partial charge in [0, 0.05) is 38.1 Å². The Morgan fingerprint density at radius 2 is 2.00 bits per heavy atom. The number of amides is 1. The number of anilines is 1. The monoisotopic (exact) mass is 408 g/mol. The van der Waals surface area contributed by atoms with E-state index >= 15 is 0 Å². The molecule has 1 amide bonds. The van der Waals surface area contributed by atoms with Crippen molar-refractivity contribution in [1.82, 2.24) is 13.9 Å². The summed E-state index contributed by atoms with van der Waals surface area (Å²) in [5.41, 5.74) is 0.562. The second-order valence-corrected chi connectivity index (χ2v) is 8.52. The van der Waals surface area contributed by atoms with E-state index < -0.39 is 15.9 Å². The van der Waals surface area contributed by atoms with Crippen LogP contribution in [0.15, 0.2) is 35.7 Å². The van der Waals surface area contributed by atoms with Crippen molar-refractivity contribution in [3.8, 4) is 11.5 Å². The van der Waals surface area contributed by atoms with Crippen molar-refractivity contribution < 1.29 is 22.7 Å². The lowest BCUT2D eigenvalue weighted by atomic mass is 9.98. The SMILES string of the molecule is COc1ccc(NC(=O)C2CCCN(S(=O)(=O)c3cn(C)cn3)C2)cc1OC. The van der Waals surface area contributed by atoms with Crippen molar-refractivity contribution in [2.45, 2.75) is 17.9 Å². The summed E-state index contributed by atoms with van der Waals surface area (Å²) in [6.07, 6.45) is 4.13. The molecule has 1 aromatic heterocycles. The number of methoxy groups -OCH3 is 2. The topological polar surface area (TPSA) is 103 Å². The molecule has 2 aromatic rings. The fourth-order valence-electron chi connectivity index (χ4n) is 3.19. The summed E-state index contributed by atoms with van der Waals surface area (Å²) in [5.74, 6) is 0.391. The zero-order valence-corrected chi connectivity index (χ0v) is 16.9. The highest BCUT2D eigenvalue weighted by Gasteiger charge is 2.34. The standard InChI is InChI=1S/C18H24N4O5S/c1-21-11-17(19-12-21)28(24,25)22-8-4-5-13(10-22)18(23)20-14-6-7-15(26-2)16(9-14)27-3/h6-7,9,11-13H,4-5,8,10H2,1-3H3,(H,20,23). The van der Waals surface area contributed by atoms with Crippen LogP contribution in [0.1, 0.15) is 12.8 Å².